The highest BCUT2D eigenvalue weighted by molar-refractivity contribution is 4.82. The topological polar surface area (TPSA) is 26.7 Å². The van der Waals surface area contributed by atoms with Gasteiger partial charge < -0.3 is 5.11 Å². The molecule has 0 aromatic carbocycles. The Morgan fingerprint density at radius 3 is 2.62 bits per heavy atom. The van der Waals surface area contributed by atoms with Crippen molar-refractivity contribution in [2.75, 3.05) is 19.6 Å². The first kappa shape index (κ1) is 10.4. The molecule has 1 rings (SSSR count). The zero-order valence-electron chi connectivity index (χ0n) is 8.02. The monoisotopic (exact) mass is 182 g/mol. The van der Waals surface area contributed by atoms with Gasteiger partial charge in [0, 0.05) is 19.6 Å². The average Bonchev–Trinajstić information content (AvgIpc) is 2.18. The van der Waals surface area contributed by atoms with Gasteiger partial charge in [-0.2, -0.15) is 0 Å². The number of rotatable bonds is 4. The number of hydrogen-bond donors (Lipinski definition) is 1. The minimum Gasteiger partial charge on any atom is -0.373 e. The van der Waals surface area contributed by atoms with E-state index in [4.69, 9.17) is 0 Å². The third-order valence-electron chi connectivity index (χ3n) is 2.27. The van der Waals surface area contributed by atoms with Crippen molar-refractivity contribution in [3.8, 4) is 0 Å². The maximum absolute atomic E-state index is 9.61. The van der Waals surface area contributed by atoms with Crippen molar-refractivity contribution in [3.05, 3.63) is 25.3 Å². The van der Waals surface area contributed by atoms with Crippen LogP contribution in [0.4, 0.5) is 0 Å². The van der Waals surface area contributed by atoms with Gasteiger partial charge in [-0.15, -0.1) is 6.58 Å². The maximum atomic E-state index is 9.61. The standard InChI is InChI=1S/C10H18N2O/c1-3-7-11-8-5-6-9-12(11)10(13)4-2/h3-4,10,13H,1-2,5-9H2. The van der Waals surface area contributed by atoms with E-state index >= 15 is 0 Å². The predicted octanol–water partition coefficient (Wildman–Crippen LogP) is 0.990. The lowest BCUT2D eigenvalue weighted by Crippen LogP contribution is -2.51. The van der Waals surface area contributed by atoms with E-state index in [-0.39, 0.29) is 0 Å². The highest BCUT2D eigenvalue weighted by atomic mass is 16.3. The van der Waals surface area contributed by atoms with Crippen molar-refractivity contribution in [2.45, 2.75) is 19.1 Å². The molecule has 1 fully saturated rings. The fourth-order valence-electron chi connectivity index (χ4n) is 1.60. The molecule has 1 unspecified atom stereocenters. The first-order chi connectivity index (χ1) is 6.29. The Labute approximate surface area is 79.9 Å². The zero-order valence-corrected chi connectivity index (χ0v) is 8.02. The van der Waals surface area contributed by atoms with Gasteiger partial charge in [0.25, 0.3) is 0 Å². The molecule has 0 amide bonds. The third-order valence-corrected chi connectivity index (χ3v) is 2.27. The molecule has 0 saturated carbocycles. The van der Waals surface area contributed by atoms with E-state index in [1.807, 2.05) is 11.1 Å². The highest BCUT2D eigenvalue weighted by Crippen LogP contribution is 2.13. The van der Waals surface area contributed by atoms with E-state index in [1.54, 1.807) is 6.08 Å². The summed E-state index contributed by atoms with van der Waals surface area (Å²) in [4.78, 5) is 0. The zero-order chi connectivity index (χ0) is 9.68. The van der Waals surface area contributed by atoms with Crippen LogP contribution < -0.4 is 0 Å². The molecule has 1 aliphatic rings. The first-order valence-corrected chi connectivity index (χ1v) is 4.72. The average molecular weight is 182 g/mol. The summed E-state index contributed by atoms with van der Waals surface area (Å²) >= 11 is 0. The van der Waals surface area contributed by atoms with Crippen molar-refractivity contribution in [3.63, 3.8) is 0 Å². The summed E-state index contributed by atoms with van der Waals surface area (Å²) in [6, 6.07) is 0. The molecule has 13 heavy (non-hydrogen) atoms. The van der Waals surface area contributed by atoms with Crippen LogP contribution in [0.2, 0.25) is 0 Å². The predicted molar refractivity (Wildman–Crippen MR) is 53.9 cm³/mol. The van der Waals surface area contributed by atoms with Crippen LogP contribution in [0.25, 0.3) is 0 Å². The number of hydrogen-bond acceptors (Lipinski definition) is 3. The number of aliphatic hydroxyl groups excluding tert-OH is 1. The van der Waals surface area contributed by atoms with Gasteiger partial charge in [-0.1, -0.05) is 12.7 Å². The Kier molecular flexibility index (Phi) is 4.15. The van der Waals surface area contributed by atoms with Crippen LogP contribution in [-0.2, 0) is 0 Å². The van der Waals surface area contributed by atoms with Crippen LogP contribution >= 0.6 is 0 Å². The molecule has 3 nitrogen and oxygen atoms in total. The van der Waals surface area contributed by atoms with Gasteiger partial charge in [0.05, 0.1) is 0 Å². The van der Waals surface area contributed by atoms with Gasteiger partial charge >= 0.3 is 0 Å². The van der Waals surface area contributed by atoms with E-state index in [2.05, 4.69) is 18.2 Å². The van der Waals surface area contributed by atoms with Gasteiger partial charge in [-0.25, -0.2) is 10.0 Å². The SMILES string of the molecule is C=CCN1CCCCN1C(O)C=C. The van der Waals surface area contributed by atoms with Crippen molar-refractivity contribution in [1.82, 2.24) is 10.0 Å². The fraction of sp³-hybridized carbons (Fsp3) is 0.600. The number of aliphatic hydroxyl groups is 1. The fourth-order valence-corrected chi connectivity index (χ4v) is 1.60. The summed E-state index contributed by atoms with van der Waals surface area (Å²) < 4.78 is 0. The smallest absolute Gasteiger partial charge is 0.138 e. The normalized spacial score (nSPS) is 22.5. The molecule has 1 heterocycles. The maximum Gasteiger partial charge on any atom is 0.138 e. The van der Waals surface area contributed by atoms with E-state index in [0.717, 1.165) is 26.1 Å². The van der Waals surface area contributed by atoms with Crippen LogP contribution in [0, 0.1) is 0 Å². The summed E-state index contributed by atoms with van der Waals surface area (Å²) in [5.74, 6) is 0. The Bertz CT molecular complexity index is 182. The van der Waals surface area contributed by atoms with Crippen LogP contribution in [0.3, 0.4) is 0 Å². The Balaban J connectivity index is 2.54. The van der Waals surface area contributed by atoms with Crippen LogP contribution in [0.5, 0.6) is 0 Å². The molecule has 0 spiro atoms. The third kappa shape index (κ3) is 2.66. The van der Waals surface area contributed by atoms with Crippen LogP contribution in [0.15, 0.2) is 25.3 Å². The van der Waals surface area contributed by atoms with Crippen LogP contribution in [0.1, 0.15) is 12.8 Å². The van der Waals surface area contributed by atoms with Crippen molar-refractivity contribution < 1.29 is 5.11 Å². The largest absolute Gasteiger partial charge is 0.373 e. The van der Waals surface area contributed by atoms with Gasteiger partial charge in [-0.3, -0.25) is 0 Å². The summed E-state index contributed by atoms with van der Waals surface area (Å²) in [5.41, 5.74) is 0. The molecule has 74 valence electrons. The molecule has 0 radical (unpaired) electrons. The molecule has 0 aromatic heterocycles. The second kappa shape index (κ2) is 5.17. The molecule has 3 heteroatoms. The lowest BCUT2D eigenvalue weighted by molar-refractivity contribution is -0.129. The van der Waals surface area contributed by atoms with E-state index in [0.29, 0.717) is 0 Å². The molecule has 0 bridgehead atoms. The van der Waals surface area contributed by atoms with Crippen molar-refractivity contribution in [2.24, 2.45) is 0 Å². The lowest BCUT2D eigenvalue weighted by Gasteiger charge is -2.39. The quantitative estimate of drug-likeness (QED) is 0.657. The Morgan fingerprint density at radius 2 is 2.00 bits per heavy atom. The Morgan fingerprint density at radius 1 is 1.31 bits per heavy atom. The molecule has 0 aromatic rings. The van der Waals surface area contributed by atoms with Gasteiger partial charge in [-0.05, 0) is 18.9 Å². The number of hydrazine groups is 1. The minimum atomic E-state index is -0.555. The van der Waals surface area contributed by atoms with E-state index in [1.165, 1.54) is 6.42 Å². The first-order valence-electron chi connectivity index (χ1n) is 4.72. The second-order valence-corrected chi connectivity index (χ2v) is 3.22. The second-order valence-electron chi connectivity index (χ2n) is 3.22. The van der Waals surface area contributed by atoms with Crippen LogP contribution in [-0.4, -0.2) is 41.0 Å². The molecule has 1 aliphatic heterocycles. The lowest BCUT2D eigenvalue weighted by atomic mass is 10.2. The molecule has 0 aliphatic carbocycles. The summed E-state index contributed by atoms with van der Waals surface area (Å²) in [5, 5.41) is 13.7. The summed E-state index contributed by atoms with van der Waals surface area (Å²) in [6.45, 7) is 9.98. The van der Waals surface area contributed by atoms with Gasteiger partial charge in [0.15, 0.2) is 0 Å². The van der Waals surface area contributed by atoms with Gasteiger partial charge in [0.2, 0.25) is 0 Å². The molecular weight excluding hydrogens is 164 g/mol. The van der Waals surface area contributed by atoms with Crippen molar-refractivity contribution in [1.29, 1.82) is 0 Å². The van der Waals surface area contributed by atoms with E-state index in [9.17, 15) is 5.11 Å². The van der Waals surface area contributed by atoms with Crippen molar-refractivity contribution >= 4 is 0 Å². The molecular formula is C10H18N2O. The van der Waals surface area contributed by atoms with E-state index < -0.39 is 6.23 Å². The minimum absolute atomic E-state index is 0.555. The summed E-state index contributed by atoms with van der Waals surface area (Å²) in [6.07, 6.45) is 5.18. The molecule has 1 N–H and O–H groups in total. The number of nitrogens with zero attached hydrogens (tertiary/aromatic N) is 2. The summed E-state index contributed by atoms with van der Waals surface area (Å²) in [7, 11) is 0. The highest BCUT2D eigenvalue weighted by Gasteiger charge is 2.22. The molecule has 1 saturated heterocycles. The van der Waals surface area contributed by atoms with Gasteiger partial charge in [0.1, 0.15) is 6.23 Å². The molecule has 1 atom stereocenters. The Hall–Kier alpha value is -0.640.